The Morgan fingerprint density at radius 3 is 2.70 bits per heavy atom. The molecule has 7 nitrogen and oxygen atoms in total. The molecular formula is C12H7ClN2O5. The maximum atomic E-state index is 10.9. The molecule has 0 radical (unpaired) electrons. The van der Waals surface area contributed by atoms with Gasteiger partial charge in [-0.15, -0.1) is 0 Å². The number of carbonyl (C=O) groups is 1. The molecule has 0 bridgehead atoms. The van der Waals surface area contributed by atoms with Crippen molar-refractivity contribution in [2.24, 2.45) is 0 Å². The van der Waals surface area contributed by atoms with Crippen LogP contribution in [0.4, 0.5) is 5.69 Å². The van der Waals surface area contributed by atoms with Gasteiger partial charge in [0, 0.05) is 12.3 Å². The summed E-state index contributed by atoms with van der Waals surface area (Å²) in [5.74, 6) is -1.53. The number of hydrogen-bond donors (Lipinski definition) is 1. The molecule has 20 heavy (non-hydrogen) atoms. The minimum Gasteiger partial charge on any atom is -0.478 e. The maximum Gasteiger partial charge on any atom is 0.337 e. The molecule has 0 aliphatic carbocycles. The van der Waals surface area contributed by atoms with Gasteiger partial charge in [-0.1, -0.05) is 23.7 Å². The number of halogens is 1. The summed E-state index contributed by atoms with van der Waals surface area (Å²) in [6.07, 6.45) is 1.19. The predicted octanol–water partition coefficient (Wildman–Crippen LogP) is 3.13. The summed E-state index contributed by atoms with van der Waals surface area (Å²) in [5, 5.41) is 19.5. The maximum absolute atomic E-state index is 10.9. The molecule has 0 unspecified atom stereocenters. The first-order chi connectivity index (χ1) is 9.50. The summed E-state index contributed by atoms with van der Waals surface area (Å²) >= 11 is 5.85. The highest BCUT2D eigenvalue weighted by molar-refractivity contribution is 6.34. The monoisotopic (exact) mass is 294 g/mol. The average molecular weight is 295 g/mol. The van der Waals surface area contributed by atoms with Crippen LogP contribution < -0.4 is 4.74 Å². The second-order valence-electron chi connectivity index (χ2n) is 3.61. The zero-order valence-corrected chi connectivity index (χ0v) is 10.6. The fraction of sp³-hybridized carbons (Fsp3) is 0. The average Bonchev–Trinajstić information content (AvgIpc) is 2.41. The van der Waals surface area contributed by atoms with E-state index in [1.54, 1.807) is 0 Å². The van der Waals surface area contributed by atoms with Gasteiger partial charge in [0.25, 0.3) is 0 Å². The van der Waals surface area contributed by atoms with E-state index in [1.807, 2.05) is 0 Å². The Balaban J connectivity index is 2.43. The first-order valence-electron chi connectivity index (χ1n) is 5.29. The number of nitrogens with zero attached hydrogens (tertiary/aromatic N) is 2. The Morgan fingerprint density at radius 1 is 1.35 bits per heavy atom. The van der Waals surface area contributed by atoms with E-state index in [0.29, 0.717) is 0 Å². The molecule has 1 N–H and O–H groups in total. The van der Waals surface area contributed by atoms with E-state index in [4.69, 9.17) is 21.4 Å². The second-order valence-corrected chi connectivity index (χ2v) is 3.99. The quantitative estimate of drug-likeness (QED) is 0.686. The topological polar surface area (TPSA) is 103 Å². The van der Waals surface area contributed by atoms with Crippen molar-refractivity contribution in [1.82, 2.24) is 4.98 Å². The summed E-state index contributed by atoms with van der Waals surface area (Å²) in [5.41, 5.74) is -0.471. The van der Waals surface area contributed by atoms with Crippen LogP contribution in [0.2, 0.25) is 5.02 Å². The molecule has 0 fully saturated rings. The molecule has 2 aromatic rings. The number of nitro benzene ring substituents is 1. The molecule has 1 aromatic carbocycles. The summed E-state index contributed by atoms with van der Waals surface area (Å²) in [4.78, 5) is 24.9. The third-order valence-corrected chi connectivity index (χ3v) is 2.72. The van der Waals surface area contributed by atoms with Gasteiger partial charge in [0.1, 0.15) is 5.02 Å². The van der Waals surface area contributed by atoms with Gasteiger partial charge < -0.3 is 9.84 Å². The lowest BCUT2D eigenvalue weighted by Gasteiger charge is -2.07. The molecule has 0 spiro atoms. The zero-order chi connectivity index (χ0) is 14.7. The van der Waals surface area contributed by atoms with Gasteiger partial charge in [-0.05, 0) is 12.1 Å². The Kier molecular flexibility index (Phi) is 3.81. The van der Waals surface area contributed by atoms with Crippen molar-refractivity contribution in [3.05, 3.63) is 57.2 Å². The van der Waals surface area contributed by atoms with Crippen LogP contribution in [0.25, 0.3) is 0 Å². The number of ether oxygens (including phenoxy) is 1. The normalized spacial score (nSPS) is 10.1. The van der Waals surface area contributed by atoms with Crippen LogP contribution in [-0.2, 0) is 0 Å². The lowest BCUT2D eigenvalue weighted by molar-refractivity contribution is -0.385. The largest absolute Gasteiger partial charge is 0.478 e. The van der Waals surface area contributed by atoms with E-state index in [-0.39, 0.29) is 27.9 Å². The van der Waals surface area contributed by atoms with Crippen molar-refractivity contribution in [2.75, 3.05) is 0 Å². The van der Waals surface area contributed by atoms with Gasteiger partial charge in [0.05, 0.1) is 10.5 Å². The van der Waals surface area contributed by atoms with Gasteiger partial charge in [-0.2, -0.15) is 0 Å². The van der Waals surface area contributed by atoms with E-state index in [9.17, 15) is 14.9 Å². The molecule has 1 aromatic heterocycles. The molecular weight excluding hydrogens is 288 g/mol. The fourth-order valence-corrected chi connectivity index (χ4v) is 1.69. The predicted molar refractivity (Wildman–Crippen MR) is 69.4 cm³/mol. The van der Waals surface area contributed by atoms with Crippen LogP contribution in [0.5, 0.6) is 11.6 Å². The Morgan fingerprint density at radius 2 is 2.05 bits per heavy atom. The number of pyridine rings is 1. The van der Waals surface area contributed by atoms with Gasteiger partial charge >= 0.3 is 11.7 Å². The Hall–Kier alpha value is -2.67. The molecule has 102 valence electrons. The van der Waals surface area contributed by atoms with E-state index >= 15 is 0 Å². The number of benzene rings is 1. The minimum atomic E-state index is -1.25. The van der Waals surface area contributed by atoms with E-state index in [0.717, 1.165) is 0 Å². The van der Waals surface area contributed by atoms with Crippen molar-refractivity contribution in [2.45, 2.75) is 0 Å². The fourth-order valence-electron chi connectivity index (χ4n) is 1.46. The number of carboxylic acid groups (broad SMARTS) is 1. The number of para-hydroxylation sites is 2. The Labute approximate surface area is 117 Å². The molecule has 2 rings (SSSR count). The first-order valence-corrected chi connectivity index (χ1v) is 5.67. The van der Waals surface area contributed by atoms with Crippen LogP contribution >= 0.6 is 11.6 Å². The number of carboxylic acids is 1. The summed E-state index contributed by atoms with van der Waals surface area (Å²) in [7, 11) is 0. The highest BCUT2D eigenvalue weighted by Crippen LogP contribution is 2.34. The number of aromatic carboxylic acids is 1. The summed E-state index contributed by atoms with van der Waals surface area (Å²) < 4.78 is 5.24. The van der Waals surface area contributed by atoms with Gasteiger partial charge in [0.2, 0.25) is 11.6 Å². The molecule has 0 saturated carbocycles. The zero-order valence-electron chi connectivity index (χ0n) is 9.82. The molecule has 8 heteroatoms. The summed E-state index contributed by atoms with van der Waals surface area (Å²) in [6, 6.07) is 6.84. The van der Waals surface area contributed by atoms with Crippen molar-refractivity contribution in [3.8, 4) is 11.6 Å². The number of nitro groups is 1. The lowest BCUT2D eigenvalue weighted by Crippen LogP contribution is -2.01. The standard InChI is InChI=1S/C12H7ClN2O5/c13-10-7(12(16)17)5-6-14-11(10)20-9-4-2-1-3-8(9)15(18)19/h1-6H,(H,16,17). The smallest absolute Gasteiger partial charge is 0.337 e. The van der Waals surface area contributed by atoms with Crippen LogP contribution in [-0.4, -0.2) is 21.0 Å². The van der Waals surface area contributed by atoms with Gasteiger partial charge in [-0.25, -0.2) is 9.78 Å². The minimum absolute atomic E-state index is 0.0746. The molecule has 1 heterocycles. The molecule has 0 amide bonds. The molecule has 0 aliphatic heterocycles. The van der Waals surface area contributed by atoms with E-state index < -0.39 is 10.9 Å². The van der Waals surface area contributed by atoms with Crippen molar-refractivity contribution >= 4 is 23.3 Å². The van der Waals surface area contributed by atoms with E-state index in [2.05, 4.69) is 4.98 Å². The lowest BCUT2D eigenvalue weighted by atomic mass is 10.2. The highest BCUT2D eigenvalue weighted by atomic mass is 35.5. The van der Waals surface area contributed by atoms with Crippen molar-refractivity contribution < 1.29 is 19.6 Å². The second kappa shape index (κ2) is 5.54. The van der Waals surface area contributed by atoms with Crippen molar-refractivity contribution in [3.63, 3.8) is 0 Å². The van der Waals surface area contributed by atoms with Gasteiger partial charge in [0.15, 0.2) is 0 Å². The highest BCUT2D eigenvalue weighted by Gasteiger charge is 2.19. The molecule has 0 saturated heterocycles. The molecule has 0 aliphatic rings. The number of rotatable bonds is 4. The van der Waals surface area contributed by atoms with Crippen LogP contribution in [0.15, 0.2) is 36.5 Å². The van der Waals surface area contributed by atoms with E-state index in [1.165, 1.54) is 36.5 Å². The van der Waals surface area contributed by atoms with Crippen molar-refractivity contribution in [1.29, 1.82) is 0 Å². The third kappa shape index (κ3) is 2.67. The first kappa shape index (κ1) is 13.8. The third-order valence-electron chi connectivity index (χ3n) is 2.36. The van der Waals surface area contributed by atoms with Crippen LogP contribution in [0, 0.1) is 10.1 Å². The van der Waals surface area contributed by atoms with Gasteiger partial charge in [-0.3, -0.25) is 10.1 Å². The van der Waals surface area contributed by atoms with Crippen LogP contribution in [0.3, 0.4) is 0 Å². The number of aromatic nitrogens is 1. The van der Waals surface area contributed by atoms with Crippen LogP contribution in [0.1, 0.15) is 10.4 Å². The SMILES string of the molecule is O=C(O)c1ccnc(Oc2ccccc2[N+](=O)[O-])c1Cl. The molecule has 0 atom stereocenters. The number of hydrogen-bond acceptors (Lipinski definition) is 5. The summed E-state index contributed by atoms with van der Waals surface area (Å²) in [6.45, 7) is 0. The Bertz CT molecular complexity index is 689.